The molecule has 0 fully saturated rings. The number of nitrogens with zero attached hydrogens (tertiary/aromatic N) is 4. The van der Waals surface area contributed by atoms with Crippen LogP contribution < -0.4 is 10.0 Å². The van der Waals surface area contributed by atoms with Gasteiger partial charge in [0.25, 0.3) is 0 Å². The molecule has 21 heavy (non-hydrogen) atoms. The minimum atomic E-state index is -3.56. The Kier molecular flexibility index (Phi) is 4.76. The van der Waals surface area contributed by atoms with E-state index in [9.17, 15) is 8.42 Å². The third-order valence-electron chi connectivity index (χ3n) is 3.02. The molecule has 0 atom stereocenters. The van der Waals surface area contributed by atoms with Gasteiger partial charge >= 0.3 is 0 Å². The Morgan fingerprint density at radius 2 is 2.05 bits per heavy atom. The van der Waals surface area contributed by atoms with Gasteiger partial charge in [0.05, 0.1) is 11.4 Å². The highest BCUT2D eigenvalue weighted by Crippen LogP contribution is 2.13. The molecule has 0 saturated heterocycles. The fourth-order valence-corrected chi connectivity index (χ4v) is 2.93. The predicted octanol–water partition coefficient (Wildman–Crippen LogP) is -0.258. The van der Waals surface area contributed by atoms with Crippen LogP contribution in [-0.4, -0.2) is 34.3 Å². The third kappa shape index (κ3) is 3.90. The second-order valence-electron chi connectivity index (χ2n) is 4.72. The maximum atomic E-state index is 12.2. The highest BCUT2D eigenvalue weighted by atomic mass is 32.2. The molecule has 2 aromatic rings. The summed E-state index contributed by atoms with van der Waals surface area (Å²) >= 11 is 0. The van der Waals surface area contributed by atoms with Crippen molar-refractivity contribution in [3.05, 3.63) is 30.1 Å². The van der Waals surface area contributed by atoms with Crippen LogP contribution in [0.15, 0.2) is 23.5 Å². The molecule has 0 radical (unpaired) electrons. The van der Waals surface area contributed by atoms with Gasteiger partial charge in [0.1, 0.15) is 6.33 Å². The lowest BCUT2D eigenvalue weighted by Gasteiger charge is -2.02. The van der Waals surface area contributed by atoms with Crippen molar-refractivity contribution in [3.63, 3.8) is 0 Å². The van der Waals surface area contributed by atoms with Gasteiger partial charge in [-0.05, 0) is 12.6 Å². The highest BCUT2D eigenvalue weighted by molar-refractivity contribution is 7.89. The standard InChI is InChI=1S/C12H20N6O2S/c1-4-13-6-10-5-11(8-17(10)2)21(19,20)15-7-12-14-9-18(3)16-12/h5,8-9,13,15H,4,6-7H2,1-3H3. The van der Waals surface area contributed by atoms with Crippen LogP contribution in [0.2, 0.25) is 0 Å². The number of nitrogens with one attached hydrogen (secondary N) is 2. The molecule has 0 spiro atoms. The van der Waals surface area contributed by atoms with Gasteiger partial charge in [0.2, 0.25) is 10.0 Å². The van der Waals surface area contributed by atoms with Crippen molar-refractivity contribution in [1.29, 1.82) is 0 Å². The van der Waals surface area contributed by atoms with Crippen molar-refractivity contribution < 1.29 is 8.42 Å². The van der Waals surface area contributed by atoms with Crippen LogP contribution in [0.4, 0.5) is 0 Å². The first-order valence-corrected chi connectivity index (χ1v) is 8.11. The smallest absolute Gasteiger partial charge is 0.242 e. The van der Waals surface area contributed by atoms with Crippen molar-refractivity contribution >= 4 is 10.0 Å². The maximum Gasteiger partial charge on any atom is 0.242 e. The summed E-state index contributed by atoms with van der Waals surface area (Å²) in [5.41, 5.74) is 0.910. The van der Waals surface area contributed by atoms with Crippen LogP contribution in [0.1, 0.15) is 18.4 Å². The van der Waals surface area contributed by atoms with Crippen LogP contribution in [0.25, 0.3) is 0 Å². The predicted molar refractivity (Wildman–Crippen MR) is 77.8 cm³/mol. The SMILES string of the molecule is CCNCc1cc(S(=O)(=O)NCc2ncn(C)n2)cn1C. The van der Waals surface area contributed by atoms with Crippen molar-refractivity contribution in [3.8, 4) is 0 Å². The number of hydrogen-bond acceptors (Lipinski definition) is 5. The average molecular weight is 312 g/mol. The Morgan fingerprint density at radius 1 is 1.29 bits per heavy atom. The van der Waals surface area contributed by atoms with Crippen LogP contribution >= 0.6 is 0 Å². The average Bonchev–Trinajstić information content (AvgIpc) is 3.01. The van der Waals surface area contributed by atoms with Crippen LogP contribution in [-0.2, 0) is 37.2 Å². The molecule has 2 N–H and O–H groups in total. The first kappa shape index (κ1) is 15.7. The molecule has 0 amide bonds. The molecule has 0 aliphatic carbocycles. The molecule has 0 bridgehead atoms. The minimum absolute atomic E-state index is 0.0701. The van der Waals surface area contributed by atoms with Gasteiger partial charge < -0.3 is 9.88 Å². The Hall–Kier alpha value is -1.71. The van der Waals surface area contributed by atoms with Crippen LogP contribution in [0.3, 0.4) is 0 Å². The molecule has 9 heteroatoms. The molecule has 2 heterocycles. The number of sulfonamides is 1. The van der Waals surface area contributed by atoms with E-state index in [4.69, 9.17) is 0 Å². The number of aryl methyl sites for hydroxylation is 2. The zero-order valence-electron chi connectivity index (χ0n) is 12.4. The number of hydrogen-bond donors (Lipinski definition) is 2. The van der Waals surface area contributed by atoms with E-state index in [0.717, 1.165) is 12.2 Å². The Labute approximate surface area is 124 Å². The molecule has 0 saturated carbocycles. The summed E-state index contributed by atoms with van der Waals surface area (Å²) in [7, 11) is -0.00704. The fraction of sp³-hybridized carbons (Fsp3) is 0.500. The van der Waals surface area contributed by atoms with Crippen molar-refractivity contribution in [2.24, 2.45) is 14.1 Å². The molecule has 116 valence electrons. The largest absolute Gasteiger partial charge is 0.352 e. The lowest BCUT2D eigenvalue weighted by Crippen LogP contribution is -2.23. The lowest BCUT2D eigenvalue weighted by atomic mass is 10.4. The molecule has 0 unspecified atom stereocenters. The van der Waals surface area contributed by atoms with E-state index in [-0.39, 0.29) is 11.4 Å². The highest BCUT2D eigenvalue weighted by Gasteiger charge is 2.18. The normalized spacial score (nSPS) is 12.0. The molecular weight excluding hydrogens is 292 g/mol. The van der Waals surface area contributed by atoms with Crippen LogP contribution in [0.5, 0.6) is 0 Å². The van der Waals surface area contributed by atoms with E-state index in [0.29, 0.717) is 12.4 Å². The van der Waals surface area contributed by atoms with Gasteiger partial charge in [-0.1, -0.05) is 6.92 Å². The van der Waals surface area contributed by atoms with Crippen molar-refractivity contribution in [2.45, 2.75) is 24.9 Å². The Morgan fingerprint density at radius 3 is 2.67 bits per heavy atom. The van der Waals surface area contributed by atoms with Crippen molar-refractivity contribution in [2.75, 3.05) is 6.54 Å². The molecule has 2 aromatic heterocycles. The van der Waals surface area contributed by atoms with Gasteiger partial charge in [0, 0.05) is 32.5 Å². The van der Waals surface area contributed by atoms with E-state index in [2.05, 4.69) is 20.1 Å². The van der Waals surface area contributed by atoms with E-state index in [1.165, 1.54) is 11.0 Å². The summed E-state index contributed by atoms with van der Waals surface area (Å²) in [5.74, 6) is 0.435. The fourth-order valence-electron chi connectivity index (χ4n) is 1.86. The van der Waals surface area contributed by atoms with Gasteiger partial charge in [-0.15, -0.1) is 0 Å². The summed E-state index contributed by atoms with van der Waals surface area (Å²) in [6.45, 7) is 3.53. The summed E-state index contributed by atoms with van der Waals surface area (Å²) in [6, 6.07) is 1.66. The zero-order chi connectivity index (χ0) is 15.5. The third-order valence-corrected chi connectivity index (χ3v) is 4.38. The monoisotopic (exact) mass is 312 g/mol. The lowest BCUT2D eigenvalue weighted by molar-refractivity contribution is 0.578. The van der Waals surface area contributed by atoms with E-state index in [1.54, 1.807) is 23.9 Å². The van der Waals surface area contributed by atoms with Crippen LogP contribution in [0, 0.1) is 0 Å². The second-order valence-corrected chi connectivity index (χ2v) is 6.48. The van der Waals surface area contributed by atoms with E-state index >= 15 is 0 Å². The summed E-state index contributed by atoms with van der Waals surface area (Å²) in [4.78, 5) is 4.23. The van der Waals surface area contributed by atoms with Gasteiger partial charge in [-0.2, -0.15) is 5.10 Å². The number of rotatable bonds is 7. The molecule has 2 rings (SSSR count). The Balaban J connectivity index is 2.08. The summed E-state index contributed by atoms with van der Waals surface area (Å²) in [5, 5.41) is 7.21. The molecule has 8 nitrogen and oxygen atoms in total. The zero-order valence-corrected chi connectivity index (χ0v) is 13.2. The van der Waals surface area contributed by atoms with Gasteiger partial charge in [0.15, 0.2) is 5.82 Å². The topological polar surface area (TPSA) is 93.8 Å². The van der Waals surface area contributed by atoms with Gasteiger partial charge in [-0.25, -0.2) is 18.1 Å². The minimum Gasteiger partial charge on any atom is -0.352 e. The van der Waals surface area contributed by atoms with Gasteiger partial charge in [-0.3, -0.25) is 4.68 Å². The van der Waals surface area contributed by atoms with Crippen molar-refractivity contribution in [1.82, 2.24) is 29.4 Å². The number of aromatic nitrogens is 4. The summed E-state index contributed by atoms with van der Waals surface area (Å²) in [6.07, 6.45) is 3.13. The first-order chi connectivity index (χ1) is 9.92. The quantitative estimate of drug-likeness (QED) is 0.735. The Bertz CT molecular complexity index is 703. The second kappa shape index (κ2) is 6.37. The summed E-state index contributed by atoms with van der Waals surface area (Å²) < 4.78 is 30.3. The molecule has 0 aromatic carbocycles. The molecular formula is C12H20N6O2S. The first-order valence-electron chi connectivity index (χ1n) is 6.62. The molecule has 0 aliphatic rings. The van der Waals surface area contributed by atoms with E-state index in [1.807, 2.05) is 14.0 Å². The molecule has 0 aliphatic heterocycles. The van der Waals surface area contributed by atoms with E-state index < -0.39 is 10.0 Å². The maximum absolute atomic E-state index is 12.2.